The van der Waals surface area contributed by atoms with Crippen LogP contribution < -0.4 is 4.90 Å². The lowest BCUT2D eigenvalue weighted by Crippen LogP contribution is -2.34. The van der Waals surface area contributed by atoms with Gasteiger partial charge in [-0.05, 0) is 30.5 Å². The smallest absolute Gasteiger partial charge is 0.240 e. The van der Waals surface area contributed by atoms with Crippen molar-refractivity contribution in [2.45, 2.75) is 31.6 Å². The molecule has 2 bridgehead atoms. The van der Waals surface area contributed by atoms with Crippen molar-refractivity contribution in [1.82, 2.24) is 9.78 Å². The maximum Gasteiger partial charge on any atom is 0.240 e. The van der Waals surface area contributed by atoms with E-state index in [4.69, 9.17) is 16.3 Å². The Morgan fingerprint density at radius 1 is 1.19 bits per heavy atom. The number of benzene rings is 1. The minimum atomic E-state index is -0.406. The fraction of sp³-hybridized carbons (Fsp3) is 0.389. The molecule has 0 spiro atoms. The van der Waals surface area contributed by atoms with Crippen molar-refractivity contribution >= 4 is 29.1 Å². The minimum Gasteiger partial charge on any atom is -0.373 e. The van der Waals surface area contributed by atoms with Gasteiger partial charge in [0.1, 0.15) is 5.82 Å². The molecule has 2 amide bonds. The van der Waals surface area contributed by atoms with E-state index in [1.54, 1.807) is 16.9 Å². The summed E-state index contributed by atoms with van der Waals surface area (Å²) in [6.45, 7) is 0.316. The van der Waals surface area contributed by atoms with Gasteiger partial charge < -0.3 is 4.74 Å². The Morgan fingerprint density at radius 2 is 1.88 bits per heavy atom. The lowest BCUT2D eigenvalue weighted by atomic mass is 9.81. The molecule has 134 valence electrons. The molecule has 4 atom stereocenters. The second-order valence-electron chi connectivity index (χ2n) is 6.99. The van der Waals surface area contributed by atoms with Crippen molar-refractivity contribution in [2.24, 2.45) is 11.8 Å². The highest BCUT2D eigenvalue weighted by Crippen LogP contribution is 2.49. The van der Waals surface area contributed by atoms with Gasteiger partial charge in [-0.3, -0.25) is 14.3 Å². The maximum atomic E-state index is 13.2. The number of halogens is 2. The number of anilines is 1. The molecule has 0 saturated carbocycles. The number of hydrogen-bond acceptors (Lipinski definition) is 4. The van der Waals surface area contributed by atoms with Crippen LogP contribution in [0.5, 0.6) is 0 Å². The van der Waals surface area contributed by atoms with Gasteiger partial charge in [0, 0.05) is 11.2 Å². The molecule has 0 unspecified atom stereocenters. The Balaban J connectivity index is 1.40. The van der Waals surface area contributed by atoms with Crippen LogP contribution in [0.3, 0.4) is 0 Å². The largest absolute Gasteiger partial charge is 0.373 e. The van der Waals surface area contributed by atoms with E-state index in [9.17, 15) is 14.0 Å². The van der Waals surface area contributed by atoms with Crippen LogP contribution in [0.15, 0.2) is 30.6 Å². The molecular formula is C18H15ClFN3O3. The average molecular weight is 376 g/mol. The van der Waals surface area contributed by atoms with Gasteiger partial charge in [0.05, 0.1) is 42.5 Å². The van der Waals surface area contributed by atoms with Gasteiger partial charge in [0.2, 0.25) is 11.8 Å². The third-order valence-electron chi connectivity index (χ3n) is 5.51. The monoisotopic (exact) mass is 375 g/mol. The minimum absolute atomic E-state index is 0.139. The highest BCUT2D eigenvalue weighted by atomic mass is 35.5. The molecule has 0 radical (unpaired) electrons. The van der Waals surface area contributed by atoms with Crippen LogP contribution in [0.2, 0.25) is 5.02 Å². The molecule has 3 aliphatic heterocycles. The van der Waals surface area contributed by atoms with Crippen molar-refractivity contribution in [3.8, 4) is 0 Å². The first-order valence-electron chi connectivity index (χ1n) is 8.52. The van der Waals surface area contributed by atoms with Crippen molar-refractivity contribution in [3.63, 3.8) is 0 Å². The number of ether oxygens (including phenoxy) is 1. The van der Waals surface area contributed by atoms with E-state index in [1.165, 1.54) is 23.2 Å². The predicted molar refractivity (Wildman–Crippen MR) is 90.1 cm³/mol. The summed E-state index contributed by atoms with van der Waals surface area (Å²) in [6.07, 6.45) is 4.53. The van der Waals surface area contributed by atoms with Gasteiger partial charge in [-0.1, -0.05) is 17.7 Å². The summed E-state index contributed by atoms with van der Waals surface area (Å²) in [5.41, 5.74) is 1.15. The second kappa shape index (κ2) is 5.62. The standard InChI is InChI=1S/C18H15ClFN3O3/c19-12-5-10(20)2-1-9(12)7-22-8-11(6-21-22)23-17(24)15-13-3-4-14(26-13)16(15)18(23)25/h1-2,5-6,8,13-16H,3-4,7H2/t13-,14-,15-,16-/m0/s1. The molecule has 3 saturated heterocycles. The predicted octanol–water partition coefficient (Wildman–Crippen LogP) is 2.39. The van der Waals surface area contributed by atoms with E-state index in [0.29, 0.717) is 22.8 Å². The molecule has 3 fully saturated rings. The zero-order valence-corrected chi connectivity index (χ0v) is 14.4. The SMILES string of the molecule is O=C1[C@@H]2[C@@H](C(=O)N1c1cnn(Cc3ccc(F)cc3Cl)c1)[C@@H]1CC[C@@H]2O1. The third-order valence-corrected chi connectivity index (χ3v) is 5.86. The molecule has 1 aromatic heterocycles. The molecule has 1 aromatic carbocycles. The molecular weight excluding hydrogens is 361 g/mol. The lowest BCUT2D eigenvalue weighted by molar-refractivity contribution is -0.124. The number of rotatable bonds is 3. The number of imide groups is 1. The topological polar surface area (TPSA) is 64.4 Å². The van der Waals surface area contributed by atoms with E-state index in [1.807, 2.05) is 0 Å². The zero-order chi connectivity index (χ0) is 18.0. The summed E-state index contributed by atoms with van der Waals surface area (Å²) < 4.78 is 20.5. The molecule has 5 rings (SSSR count). The van der Waals surface area contributed by atoms with Crippen LogP contribution in [0, 0.1) is 17.7 Å². The Hall–Kier alpha value is -2.25. The molecule has 4 heterocycles. The van der Waals surface area contributed by atoms with Crippen LogP contribution in [0.1, 0.15) is 18.4 Å². The maximum absolute atomic E-state index is 13.2. The Labute approximate surface area is 153 Å². The summed E-state index contributed by atoms with van der Waals surface area (Å²) in [7, 11) is 0. The molecule has 0 aliphatic carbocycles. The van der Waals surface area contributed by atoms with Gasteiger partial charge in [-0.2, -0.15) is 5.10 Å². The van der Waals surface area contributed by atoms with Crippen molar-refractivity contribution in [3.05, 3.63) is 47.0 Å². The van der Waals surface area contributed by atoms with Crippen molar-refractivity contribution < 1.29 is 18.7 Å². The Morgan fingerprint density at radius 3 is 2.54 bits per heavy atom. The van der Waals surface area contributed by atoms with E-state index < -0.39 is 5.82 Å². The van der Waals surface area contributed by atoms with Crippen LogP contribution in [-0.4, -0.2) is 33.8 Å². The number of nitrogens with zero attached hydrogens (tertiary/aromatic N) is 3. The van der Waals surface area contributed by atoms with Crippen molar-refractivity contribution in [2.75, 3.05) is 4.90 Å². The van der Waals surface area contributed by atoms with E-state index in [2.05, 4.69) is 5.10 Å². The van der Waals surface area contributed by atoms with Crippen LogP contribution >= 0.6 is 11.6 Å². The molecule has 8 heteroatoms. The van der Waals surface area contributed by atoms with Gasteiger partial charge in [0.15, 0.2) is 0 Å². The first-order chi connectivity index (χ1) is 12.5. The summed E-state index contributed by atoms with van der Waals surface area (Å²) in [5, 5.41) is 4.53. The normalized spacial score (nSPS) is 29.7. The molecule has 6 nitrogen and oxygen atoms in total. The van der Waals surface area contributed by atoms with E-state index in [-0.39, 0.29) is 35.9 Å². The number of carbonyl (C=O) groups is 2. The summed E-state index contributed by atoms with van der Waals surface area (Å²) in [6, 6.07) is 4.16. The van der Waals surface area contributed by atoms with E-state index in [0.717, 1.165) is 12.8 Å². The van der Waals surface area contributed by atoms with E-state index >= 15 is 0 Å². The van der Waals surface area contributed by atoms with Gasteiger partial charge >= 0.3 is 0 Å². The highest BCUT2D eigenvalue weighted by Gasteiger charge is 2.62. The molecule has 3 aliphatic rings. The molecule has 0 N–H and O–H groups in total. The fourth-order valence-electron chi connectivity index (χ4n) is 4.35. The van der Waals surface area contributed by atoms with Crippen LogP contribution in [0.25, 0.3) is 0 Å². The quantitative estimate of drug-likeness (QED) is 0.773. The fourth-order valence-corrected chi connectivity index (χ4v) is 4.57. The van der Waals surface area contributed by atoms with Crippen molar-refractivity contribution in [1.29, 1.82) is 0 Å². The highest BCUT2D eigenvalue weighted by molar-refractivity contribution is 6.31. The average Bonchev–Trinajstić information content (AvgIpc) is 3.35. The zero-order valence-electron chi connectivity index (χ0n) is 13.6. The Kier molecular flexibility index (Phi) is 3.45. The number of carbonyl (C=O) groups excluding carboxylic acids is 2. The van der Waals surface area contributed by atoms with Crippen LogP contribution in [-0.2, 0) is 20.9 Å². The van der Waals surface area contributed by atoms with Crippen LogP contribution in [0.4, 0.5) is 10.1 Å². The lowest BCUT2D eigenvalue weighted by Gasteiger charge is -2.15. The molecule has 26 heavy (non-hydrogen) atoms. The number of hydrogen-bond donors (Lipinski definition) is 0. The van der Waals surface area contributed by atoms with Gasteiger partial charge in [-0.25, -0.2) is 9.29 Å². The van der Waals surface area contributed by atoms with Gasteiger partial charge in [0.25, 0.3) is 0 Å². The molecule has 2 aromatic rings. The number of fused-ring (bicyclic) bond motifs is 5. The first-order valence-corrected chi connectivity index (χ1v) is 8.90. The summed E-state index contributed by atoms with van der Waals surface area (Å²) >= 11 is 6.05. The summed E-state index contributed by atoms with van der Waals surface area (Å²) in [4.78, 5) is 26.8. The van der Waals surface area contributed by atoms with Gasteiger partial charge in [-0.15, -0.1) is 0 Å². The third kappa shape index (κ3) is 2.23. The Bertz CT molecular complexity index is 902. The summed E-state index contributed by atoms with van der Waals surface area (Å²) in [5.74, 6) is -1.54. The number of aromatic nitrogens is 2. The number of amides is 2. The second-order valence-corrected chi connectivity index (χ2v) is 7.39. The first kappa shape index (κ1) is 16.0.